The Morgan fingerprint density at radius 2 is 1.89 bits per heavy atom. The highest BCUT2D eigenvalue weighted by atomic mass is 16.5. The molecule has 4 rings (SSSR count). The summed E-state index contributed by atoms with van der Waals surface area (Å²) in [4.78, 5) is 24.1. The number of carbonyl (C=O) groups excluding carboxylic acids is 1. The highest BCUT2D eigenvalue weighted by Crippen LogP contribution is 2.48. The van der Waals surface area contributed by atoms with E-state index in [1.807, 2.05) is 0 Å². The molecule has 0 saturated heterocycles. The summed E-state index contributed by atoms with van der Waals surface area (Å²) in [5.74, 6) is -1.15. The van der Waals surface area contributed by atoms with Gasteiger partial charge in [-0.15, -0.1) is 0 Å². The second-order valence-electron chi connectivity index (χ2n) is 6.43. The number of rotatable bonds is 2. The second kappa shape index (κ2) is 6.05. The minimum atomic E-state index is -0.572. The van der Waals surface area contributed by atoms with Gasteiger partial charge in [-0.25, -0.2) is 4.79 Å². The summed E-state index contributed by atoms with van der Waals surface area (Å²) in [5.41, 5.74) is 1.34. The number of benzene rings is 2. The van der Waals surface area contributed by atoms with E-state index < -0.39 is 17.5 Å². The van der Waals surface area contributed by atoms with E-state index in [2.05, 4.69) is 0 Å². The molecule has 0 saturated carbocycles. The highest BCUT2D eigenvalue weighted by molar-refractivity contribution is 5.92. The van der Waals surface area contributed by atoms with Gasteiger partial charge < -0.3 is 24.1 Å². The number of ether oxygens (including phenoxy) is 2. The van der Waals surface area contributed by atoms with Crippen molar-refractivity contribution in [2.75, 3.05) is 7.11 Å². The predicted octanol–water partition coefficient (Wildman–Crippen LogP) is 2.96. The molecular formula is C20H16O7. The fraction of sp³-hybridized carbons (Fsp3) is 0.200. The largest absolute Gasteiger partial charge is 0.504 e. The lowest BCUT2D eigenvalue weighted by Crippen LogP contribution is -2.22. The lowest BCUT2D eigenvalue weighted by molar-refractivity contribution is -0.135. The molecule has 0 bridgehead atoms. The predicted molar refractivity (Wildman–Crippen MR) is 95.6 cm³/mol. The Hall–Kier alpha value is -3.48. The summed E-state index contributed by atoms with van der Waals surface area (Å²) >= 11 is 0. The SMILES string of the molecule is COc1ccc(C2CC(=O)Oc3c(O)cc4c(C)cc(=O)oc4c32)cc1O. The van der Waals surface area contributed by atoms with Gasteiger partial charge in [-0.1, -0.05) is 6.07 Å². The number of aryl methyl sites for hydroxylation is 1. The zero-order valence-corrected chi connectivity index (χ0v) is 14.6. The van der Waals surface area contributed by atoms with Crippen LogP contribution in [0.3, 0.4) is 0 Å². The van der Waals surface area contributed by atoms with Crippen molar-refractivity contribution >= 4 is 16.9 Å². The number of aromatic hydroxyl groups is 2. The van der Waals surface area contributed by atoms with E-state index in [0.717, 1.165) is 0 Å². The van der Waals surface area contributed by atoms with Crippen molar-refractivity contribution in [2.45, 2.75) is 19.3 Å². The first-order valence-electron chi connectivity index (χ1n) is 8.27. The van der Waals surface area contributed by atoms with E-state index >= 15 is 0 Å². The molecule has 7 heteroatoms. The zero-order chi connectivity index (χ0) is 19.3. The van der Waals surface area contributed by atoms with Crippen LogP contribution in [0.15, 0.2) is 39.5 Å². The van der Waals surface area contributed by atoms with Gasteiger partial charge in [-0.2, -0.15) is 0 Å². The van der Waals surface area contributed by atoms with E-state index in [0.29, 0.717) is 27.8 Å². The van der Waals surface area contributed by atoms with E-state index in [4.69, 9.17) is 13.9 Å². The normalized spacial score (nSPS) is 16.1. The summed E-state index contributed by atoms with van der Waals surface area (Å²) in [6.07, 6.45) is -0.0328. The number of methoxy groups -OCH3 is 1. The van der Waals surface area contributed by atoms with E-state index in [-0.39, 0.29) is 29.3 Å². The molecule has 2 aromatic carbocycles. The molecule has 2 heterocycles. The molecule has 0 radical (unpaired) electrons. The number of phenols is 2. The topological polar surface area (TPSA) is 106 Å². The van der Waals surface area contributed by atoms with Crippen molar-refractivity contribution in [3.8, 4) is 23.0 Å². The van der Waals surface area contributed by atoms with E-state index in [1.165, 1.54) is 25.3 Å². The number of fused-ring (bicyclic) bond motifs is 3. The van der Waals surface area contributed by atoms with Gasteiger partial charge in [0.25, 0.3) is 0 Å². The molecule has 0 aliphatic carbocycles. The first-order chi connectivity index (χ1) is 12.9. The van der Waals surface area contributed by atoms with Crippen LogP contribution in [0.2, 0.25) is 0 Å². The van der Waals surface area contributed by atoms with Gasteiger partial charge in [0, 0.05) is 17.4 Å². The average Bonchev–Trinajstić information content (AvgIpc) is 2.62. The Kier molecular flexibility index (Phi) is 3.80. The Labute approximate surface area is 153 Å². The average molecular weight is 368 g/mol. The summed E-state index contributed by atoms with van der Waals surface area (Å²) in [7, 11) is 1.44. The highest BCUT2D eigenvalue weighted by Gasteiger charge is 2.34. The van der Waals surface area contributed by atoms with Crippen LogP contribution in [-0.4, -0.2) is 23.3 Å². The third kappa shape index (κ3) is 2.68. The lowest BCUT2D eigenvalue weighted by Gasteiger charge is -2.26. The van der Waals surface area contributed by atoms with Crippen molar-refractivity contribution in [1.82, 2.24) is 0 Å². The molecule has 1 atom stereocenters. The Morgan fingerprint density at radius 3 is 2.59 bits per heavy atom. The summed E-state index contributed by atoms with van der Waals surface area (Å²) < 4.78 is 15.7. The van der Waals surface area contributed by atoms with Crippen LogP contribution in [0.25, 0.3) is 11.0 Å². The maximum Gasteiger partial charge on any atom is 0.336 e. The maximum atomic E-state index is 12.1. The molecule has 1 aliphatic heterocycles. The van der Waals surface area contributed by atoms with Crippen molar-refractivity contribution in [3.05, 3.63) is 57.4 Å². The van der Waals surface area contributed by atoms with Gasteiger partial charge in [0.05, 0.1) is 19.1 Å². The molecule has 2 N–H and O–H groups in total. The number of esters is 1. The number of carbonyl (C=O) groups is 1. The van der Waals surface area contributed by atoms with Crippen LogP contribution >= 0.6 is 0 Å². The van der Waals surface area contributed by atoms with Crippen LogP contribution in [0.1, 0.15) is 29.0 Å². The number of phenolic OH excluding ortho intramolecular Hbond substituents is 2. The zero-order valence-electron chi connectivity index (χ0n) is 14.6. The molecule has 1 unspecified atom stereocenters. The molecule has 27 heavy (non-hydrogen) atoms. The summed E-state index contributed by atoms with van der Waals surface area (Å²) in [6, 6.07) is 7.51. The molecule has 138 valence electrons. The smallest absolute Gasteiger partial charge is 0.336 e. The van der Waals surface area contributed by atoms with Gasteiger partial charge in [-0.3, -0.25) is 4.79 Å². The molecular weight excluding hydrogens is 352 g/mol. The Morgan fingerprint density at radius 1 is 1.11 bits per heavy atom. The van der Waals surface area contributed by atoms with Crippen LogP contribution in [0, 0.1) is 6.92 Å². The quantitative estimate of drug-likeness (QED) is 0.407. The van der Waals surface area contributed by atoms with Gasteiger partial charge in [0.2, 0.25) is 0 Å². The Bertz CT molecular complexity index is 1140. The maximum absolute atomic E-state index is 12.1. The number of hydrogen-bond donors (Lipinski definition) is 2. The summed E-state index contributed by atoms with van der Waals surface area (Å²) in [6.45, 7) is 1.73. The van der Waals surface area contributed by atoms with Gasteiger partial charge in [0.15, 0.2) is 23.0 Å². The van der Waals surface area contributed by atoms with Crippen molar-refractivity contribution < 1.29 is 28.9 Å². The first-order valence-corrected chi connectivity index (χ1v) is 8.27. The van der Waals surface area contributed by atoms with Crippen molar-refractivity contribution in [3.63, 3.8) is 0 Å². The fourth-order valence-corrected chi connectivity index (χ4v) is 3.50. The molecule has 1 aliphatic rings. The monoisotopic (exact) mass is 368 g/mol. The van der Waals surface area contributed by atoms with E-state index in [1.54, 1.807) is 19.1 Å². The van der Waals surface area contributed by atoms with Crippen LogP contribution < -0.4 is 15.1 Å². The minimum Gasteiger partial charge on any atom is -0.504 e. The van der Waals surface area contributed by atoms with Crippen LogP contribution in [-0.2, 0) is 4.79 Å². The molecule has 3 aromatic rings. The van der Waals surface area contributed by atoms with Crippen LogP contribution in [0.5, 0.6) is 23.0 Å². The number of hydrogen-bond acceptors (Lipinski definition) is 7. The third-order valence-electron chi connectivity index (χ3n) is 4.75. The van der Waals surface area contributed by atoms with Crippen molar-refractivity contribution in [2.24, 2.45) is 0 Å². The van der Waals surface area contributed by atoms with Crippen molar-refractivity contribution in [1.29, 1.82) is 0 Å². The standard InChI is InChI=1S/C20H16O7/c1-9-5-16(23)26-19-11(9)7-14(22)20-18(19)12(8-17(24)27-20)10-3-4-15(25-2)13(21)6-10/h3-7,12,21-22H,8H2,1-2H3. The Balaban J connectivity index is 2.04. The molecule has 0 spiro atoms. The fourth-order valence-electron chi connectivity index (χ4n) is 3.50. The third-order valence-corrected chi connectivity index (χ3v) is 4.75. The van der Waals surface area contributed by atoms with Gasteiger partial charge in [0.1, 0.15) is 5.58 Å². The van der Waals surface area contributed by atoms with Gasteiger partial charge in [-0.05, 0) is 36.2 Å². The lowest BCUT2D eigenvalue weighted by atomic mass is 9.84. The first kappa shape index (κ1) is 17.0. The molecule has 7 nitrogen and oxygen atoms in total. The second-order valence-corrected chi connectivity index (χ2v) is 6.43. The molecule has 0 fully saturated rings. The molecule has 1 aromatic heterocycles. The van der Waals surface area contributed by atoms with E-state index in [9.17, 15) is 19.8 Å². The van der Waals surface area contributed by atoms with Crippen LogP contribution in [0.4, 0.5) is 0 Å². The molecule has 0 amide bonds. The van der Waals surface area contributed by atoms with Gasteiger partial charge >= 0.3 is 11.6 Å². The minimum absolute atomic E-state index is 0.0328. The summed E-state index contributed by atoms with van der Waals surface area (Å²) in [5, 5.41) is 21.1.